The van der Waals surface area contributed by atoms with Gasteiger partial charge in [-0.15, -0.1) is 0 Å². The van der Waals surface area contributed by atoms with E-state index in [-0.39, 0.29) is 18.6 Å². The average Bonchev–Trinajstić information content (AvgIpc) is 3.25. The average molecular weight is 389 g/mol. The topological polar surface area (TPSA) is 75.2 Å². The molecule has 7 heteroatoms. The summed E-state index contributed by atoms with van der Waals surface area (Å²) in [5.41, 5.74) is 2.59. The van der Waals surface area contributed by atoms with Crippen molar-refractivity contribution in [2.75, 3.05) is 46.5 Å². The van der Waals surface area contributed by atoms with Crippen molar-refractivity contribution in [2.45, 2.75) is 38.3 Å². The summed E-state index contributed by atoms with van der Waals surface area (Å²) in [6.45, 7) is 4.68. The number of aliphatic imine (C=N–C) groups is 1. The van der Waals surface area contributed by atoms with Gasteiger partial charge in [0.15, 0.2) is 5.96 Å². The zero-order chi connectivity index (χ0) is 19.6. The summed E-state index contributed by atoms with van der Waals surface area (Å²) >= 11 is 0. The minimum Gasteiger partial charge on any atom is -0.379 e. The second-order valence-electron chi connectivity index (χ2n) is 7.25. The van der Waals surface area contributed by atoms with Crippen LogP contribution in [0.15, 0.2) is 29.3 Å². The largest absolute Gasteiger partial charge is 0.379 e. The third-order valence-corrected chi connectivity index (χ3v) is 5.20. The lowest BCUT2D eigenvalue weighted by Gasteiger charge is -2.29. The molecular weight excluding hydrogens is 356 g/mol. The number of hydrogen-bond donors (Lipinski definition) is 2. The number of amides is 1. The maximum atomic E-state index is 12.5. The first kappa shape index (κ1) is 20.6. The van der Waals surface area contributed by atoms with Crippen molar-refractivity contribution in [1.82, 2.24) is 15.5 Å². The van der Waals surface area contributed by atoms with Gasteiger partial charge in [-0.05, 0) is 36.8 Å². The quantitative estimate of drug-likeness (QED) is 0.399. The highest BCUT2D eigenvalue weighted by molar-refractivity contribution is 5.86. The van der Waals surface area contributed by atoms with Crippen LogP contribution in [0, 0.1) is 0 Å². The second-order valence-corrected chi connectivity index (χ2v) is 7.25. The third kappa shape index (κ3) is 6.21. The number of guanidine groups is 1. The van der Waals surface area contributed by atoms with Gasteiger partial charge in [0.25, 0.3) is 0 Å². The van der Waals surface area contributed by atoms with E-state index < -0.39 is 0 Å². The second kappa shape index (κ2) is 11.0. The number of ether oxygens (including phenoxy) is 2. The summed E-state index contributed by atoms with van der Waals surface area (Å²) in [5, 5.41) is 6.34. The molecule has 7 nitrogen and oxygen atoms in total. The summed E-state index contributed by atoms with van der Waals surface area (Å²) in [6.07, 6.45) is 4.31. The highest BCUT2D eigenvalue weighted by atomic mass is 16.5. The van der Waals surface area contributed by atoms with Crippen molar-refractivity contribution in [3.05, 3.63) is 35.4 Å². The molecule has 1 atom stereocenters. The first-order chi connectivity index (χ1) is 13.8. The molecule has 0 aliphatic carbocycles. The molecule has 2 N–H and O–H groups in total. The van der Waals surface area contributed by atoms with E-state index in [0.29, 0.717) is 25.7 Å². The first-order valence-electron chi connectivity index (χ1n) is 10.2. The van der Waals surface area contributed by atoms with Crippen molar-refractivity contribution in [3.8, 4) is 0 Å². The monoisotopic (exact) mass is 388 g/mol. The van der Waals surface area contributed by atoms with Gasteiger partial charge in [0.2, 0.25) is 5.91 Å². The van der Waals surface area contributed by atoms with Gasteiger partial charge in [-0.3, -0.25) is 9.79 Å². The fourth-order valence-electron chi connectivity index (χ4n) is 3.57. The first-order valence-corrected chi connectivity index (χ1v) is 10.2. The highest BCUT2D eigenvalue weighted by Gasteiger charge is 2.20. The molecule has 0 spiro atoms. The molecule has 1 unspecified atom stereocenters. The van der Waals surface area contributed by atoms with Gasteiger partial charge < -0.3 is 25.0 Å². The summed E-state index contributed by atoms with van der Waals surface area (Å²) in [4.78, 5) is 18.6. The molecule has 154 valence electrons. The molecule has 2 aliphatic rings. The summed E-state index contributed by atoms with van der Waals surface area (Å²) in [6, 6.07) is 8.33. The van der Waals surface area contributed by atoms with E-state index in [1.807, 2.05) is 11.0 Å². The van der Waals surface area contributed by atoms with Crippen molar-refractivity contribution in [3.63, 3.8) is 0 Å². The Labute approximate surface area is 167 Å². The Morgan fingerprint density at radius 2 is 2.18 bits per heavy atom. The molecule has 1 fully saturated rings. The van der Waals surface area contributed by atoms with Crippen molar-refractivity contribution < 1.29 is 14.3 Å². The fourth-order valence-corrected chi connectivity index (χ4v) is 3.57. The van der Waals surface area contributed by atoms with E-state index in [0.717, 1.165) is 45.4 Å². The molecule has 1 amide bonds. The smallest absolute Gasteiger partial charge is 0.242 e. The Balaban J connectivity index is 1.29. The van der Waals surface area contributed by atoms with Gasteiger partial charge in [-0.2, -0.15) is 0 Å². The molecular formula is C21H32N4O3. The molecule has 0 saturated carbocycles. The van der Waals surface area contributed by atoms with Crippen LogP contribution in [0.5, 0.6) is 0 Å². The number of carbonyl (C=O) groups is 1. The van der Waals surface area contributed by atoms with Crippen LogP contribution in [0.25, 0.3) is 0 Å². The normalized spacial score (nSPS) is 19.4. The zero-order valence-corrected chi connectivity index (χ0v) is 16.8. The molecule has 0 aromatic heterocycles. The zero-order valence-electron chi connectivity index (χ0n) is 16.8. The highest BCUT2D eigenvalue weighted by Crippen LogP contribution is 2.18. The van der Waals surface area contributed by atoms with E-state index >= 15 is 0 Å². The molecule has 1 saturated heterocycles. The Bertz CT molecular complexity index is 659. The number of carbonyl (C=O) groups excluding carboxylic acids is 1. The lowest BCUT2D eigenvalue weighted by Crippen LogP contribution is -2.46. The number of benzene rings is 1. The summed E-state index contributed by atoms with van der Waals surface area (Å²) in [7, 11) is 1.71. The number of nitrogens with one attached hydrogen (secondary N) is 2. The summed E-state index contributed by atoms with van der Waals surface area (Å²) < 4.78 is 11.2. The SMILES string of the molecule is CN=C(NCCCOCC1CCCO1)NCC(=O)N1CCc2ccccc2C1. The predicted molar refractivity (Wildman–Crippen MR) is 109 cm³/mol. The van der Waals surface area contributed by atoms with Gasteiger partial charge in [-0.25, -0.2) is 0 Å². The Kier molecular flexibility index (Phi) is 8.11. The number of rotatable bonds is 8. The molecule has 1 aromatic carbocycles. The lowest BCUT2D eigenvalue weighted by molar-refractivity contribution is -0.130. The lowest BCUT2D eigenvalue weighted by atomic mass is 10.00. The van der Waals surface area contributed by atoms with Crippen LogP contribution in [-0.4, -0.2) is 69.4 Å². The van der Waals surface area contributed by atoms with Crippen LogP contribution in [-0.2, 0) is 27.2 Å². The van der Waals surface area contributed by atoms with Crippen LogP contribution >= 0.6 is 0 Å². The van der Waals surface area contributed by atoms with E-state index in [1.54, 1.807) is 7.05 Å². The molecule has 2 heterocycles. The van der Waals surface area contributed by atoms with Crippen molar-refractivity contribution in [1.29, 1.82) is 0 Å². The maximum absolute atomic E-state index is 12.5. The molecule has 0 radical (unpaired) electrons. The Hall–Kier alpha value is -2.12. The number of fused-ring (bicyclic) bond motifs is 1. The van der Waals surface area contributed by atoms with Gasteiger partial charge in [0.05, 0.1) is 19.3 Å². The van der Waals surface area contributed by atoms with Crippen molar-refractivity contribution >= 4 is 11.9 Å². The van der Waals surface area contributed by atoms with Gasteiger partial charge in [-0.1, -0.05) is 24.3 Å². The number of hydrogen-bond acceptors (Lipinski definition) is 4. The Morgan fingerprint density at radius 3 is 2.96 bits per heavy atom. The number of nitrogens with zero attached hydrogens (tertiary/aromatic N) is 2. The van der Waals surface area contributed by atoms with E-state index in [9.17, 15) is 4.79 Å². The van der Waals surface area contributed by atoms with Gasteiger partial charge >= 0.3 is 0 Å². The van der Waals surface area contributed by atoms with E-state index in [2.05, 4.69) is 33.8 Å². The van der Waals surface area contributed by atoms with Crippen LogP contribution in [0.1, 0.15) is 30.4 Å². The standard InChI is InChI=1S/C21H32N4O3/c1-22-21(23-10-5-12-27-16-19-8-4-13-28-19)24-14-20(26)25-11-9-17-6-2-3-7-18(17)15-25/h2-3,6-7,19H,4-5,8-16H2,1H3,(H2,22,23,24). The molecule has 28 heavy (non-hydrogen) atoms. The Morgan fingerprint density at radius 1 is 1.32 bits per heavy atom. The maximum Gasteiger partial charge on any atom is 0.242 e. The van der Waals surface area contributed by atoms with Crippen LogP contribution in [0.4, 0.5) is 0 Å². The molecule has 1 aromatic rings. The minimum absolute atomic E-state index is 0.0948. The fraction of sp³-hybridized carbons (Fsp3) is 0.619. The van der Waals surface area contributed by atoms with Crippen molar-refractivity contribution in [2.24, 2.45) is 4.99 Å². The molecule has 2 aliphatic heterocycles. The van der Waals surface area contributed by atoms with Gasteiger partial charge in [0.1, 0.15) is 0 Å². The van der Waals surface area contributed by atoms with Crippen LogP contribution in [0.3, 0.4) is 0 Å². The minimum atomic E-state index is 0.0948. The third-order valence-electron chi connectivity index (χ3n) is 5.20. The van der Waals surface area contributed by atoms with Crippen LogP contribution in [0.2, 0.25) is 0 Å². The van der Waals surface area contributed by atoms with Gasteiger partial charge in [0, 0.05) is 39.9 Å². The summed E-state index contributed by atoms with van der Waals surface area (Å²) in [5.74, 6) is 0.738. The van der Waals surface area contributed by atoms with Crippen LogP contribution < -0.4 is 10.6 Å². The predicted octanol–water partition coefficient (Wildman–Crippen LogP) is 1.32. The molecule has 0 bridgehead atoms. The molecule has 3 rings (SSSR count). The van der Waals surface area contributed by atoms with E-state index in [1.165, 1.54) is 11.1 Å². The van der Waals surface area contributed by atoms with E-state index in [4.69, 9.17) is 9.47 Å².